The van der Waals surface area contributed by atoms with Gasteiger partial charge in [-0.15, -0.1) is 0 Å². The Morgan fingerprint density at radius 3 is 2.79 bits per heavy atom. The number of hydrogen-bond acceptors (Lipinski definition) is 4. The van der Waals surface area contributed by atoms with Crippen molar-refractivity contribution in [2.45, 2.75) is 19.3 Å². The molecular formula is C10H17NO3. The van der Waals surface area contributed by atoms with Gasteiger partial charge in [0.15, 0.2) is 0 Å². The molecule has 80 valence electrons. The number of hydrogen-bond donors (Lipinski definition) is 1. The van der Waals surface area contributed by atoms with Crippen LogP contribution in [0.25, 0.3) is 0 Å². The van der Waals surface area contributed by atoms with E-state index in [1.54, 1.807) is 7.11 Å². The maximum Gasteiger partial charge on any atom is 0.335 e. The summed E-state index contributed by atoms with van der Waals surface area (Å²) in [5.41, 5.74) is 7.10. The van der Waals surface area contributed by atoms with Crippen LogP contribution in [0, 0.1) is 5.92 Å². The Kier molecular flexibility index (Phi) is 3.95. The maximum atomic E-state index is 11.3. The average Bonchev–Trinajstić information content (AvgIpc) is 2.17. The third-order valence-electron chi connectivity index (χ3n) is 2.53. The molecule has 14 heavy (non-hydrogen) atoms. The highest BCUT2D eigenvalue weighted by Gasteiger charge is 2.23. The van der Waals surface area contributed by atoms with Crippen LogP contribution in [-0.2, 0) is 14.3 Å². The smallest absolute Gasteiger partial charge is 0.335 e. The van der Waals surface area contributed by atoms with Crippen molar-refractivity contribution in [2.24, 2.45) is 11.7 Å². The first-order valence-electron chi connectivity index (χ1n) is 4.73. The topological polar surface area (TPSA) is 61.5 Å². The van der Waals surface area contributed by atoms with Gasteiger partial charge in [0.1, 0.15) is 0 Å². The fraction of sp³-hybridized carbons (Fsp3) is 0.700. The molecule has 0 aromatic carbocycles. The van der Waals surface area contributed by atoms with Gasteiger partial charge in [-0.25, -0.2) is 4.79 Å². The molecule has 0 bridgehead atoms. The van der Waals surface area contributed by atoms with Crippen molar-refractivity contribution < 1.29 is 14.3 Å². The minimum absolute atomic E-state index is 0.293. The van der Waals surface area contributed by atoms with E-state index < -0.39 is 0 Å². The lowest BCUT2D eigenvalue weighted by atomic mass is 9.88. The Hall–Kier alpha value is -1.03. The zero-order chi connectivity index (χ0) is 10.6. The van der Waals surface area contributed by atoms with E-state index in [0.29, 0.717) is 30.2 Å². The number of methoxy groups -OCH3 is 2. The predicted molar refractivity (Wildman–Crippen MR) is 52.4 cm³/mol. The number of ether oxygens (including phenoxy) is 2. The van der Waals surface area contributed by atoms with Crippen molar-refractivity contribution in [2.75, 3.05) is 20.8 Å². The minimum atomic E-state index is -0.293. The zero-order valence-electron chi connectivity index (χ0n) is 8.71. The standard InChI is InChI=1S/C10H17NO3/c1-13-6-7-3-4-8(9(11)5-7)10(12)14-2/h7H,3-6,11H2,1-2H3. The maximum absolute atomic E-state index is 11.3. The summed E-state index contributed by atoms with van der Waals surface area (Å²) in [6.07, 6.45) is 2.38. The molecule has 0 aromatic rings. The first-order chi connectivity index (χ1) is 6.69. The van der Waals surface area contributed by atoms with Gasteiger partial charge in [0.25, 0.3) is 0 Å². The van der Waals surface area contributed by atoms with Crippen molar-refractivity contribution in [3.63, 3.8) is 0 Å². The third-order valence-corrected chi connectivity index (χ3v) is 2.53. The second-order valence-electron chi connectivity index (χ2n) is 3.56. The number of carbonyl (C=O) groups excluding carboxylic acids is 1. The highest BCUT2D eigenvalue weighted by molar-refractivity contribution is 5.89. The van der Waals surface area contributed by atoms with E-state index in [2.05, 4.69) is 4.74 Å². The van der Waals surface area contributed by atoms with E-state index >= 15 is 0 Å². The molecule has 4 nitrogen and oxygen atoms in total. The molecule has 1 aliphatic rings. The average molecular weight is 199 g/mol. The van der Waals surface area contributed by atoms with E-state index in [-0.39, 0.29) is 5.97 Å². The van der Waals surface area contributed by atoms with Crippen LogP contribution in [0.15, 0.2) is 11.3 Å². The summed E-state index contributed by atoms with van der Waals surface area (Å²) >= 11 is 0. The van der Waals surface area contributed by atoms with Crippen LogP contribution in [0.5, 0.6) is 0 Å². The number of nitrogens with two attached hydrogens (primary N) is 1. The van der Waals surface area contributed by atoms with E-state index in [4.69, 9.17) is 10.5 Å². The van der Waals surface area contributed by atoms with Crippen LogP contribution in [0.4, 0.5) is 0 Å². The van der Waals surface area contributed by atoms with E-state index in [9.17, 15) is 4.79 Å². The first kappa shape index (κ1) is 11.0. The Bertz CT molecular complexity index is 248. The second-order valence-corrected chi connectivity index (χ2v) is 3.56. The lowest BCUT2D eigenvalue weighted by Crippen LogP contribution is -2.23. The Morgan fingerprint density at radius 2 is 2.29 bits per heavy atom. The summed E-state index contributed by atoms with van der Waals surface area (Å²) in [5, 5.41) is 0. The van der Waals surface area contributed by atoms with Crippen LogP contribution in [0.3, 0.4) is 0 Å². The van der Waals surface area contributed by atoms with E-state index in [1.165, 1.54) is 7.11 Å². The summed E-state index contributed by atoms with van der Waals surface area (Å²) in [7, 11) is 3.06. The van der Waals surface area contributed by atoms with Crippen LogP contribution in [0.2, 0.25) is 0 Å². The Morgan fingerprint density at radius 1 is 1.57 bits per heavy atom. The number of esters is 1. The highest BCUT2D eigenvalue weighted by atomic mass is 16.5. The molecule has 0 amide bonds. The summed E-state index contributed by atoms with van der Waals surface area (Å²) in [5.74, 6) is 0.145. The summed E-state index contributed by atoms with van der Waals surface area (Å²) in [6.45, 7) is 0.704. The van der Waals surface area contributed by atoms with Gasteiger partial charge in [-0.3, -0.25) is 0 Å². The monoisotopic (exact) mass is 199 g/mol. The first-order valence-corrected chi connectivity index (χ1v) is 4.73. The quantitative estimate of drug-likeness (QED) is 0.683. The predicted octanol–water partition coefficient (Wildman–Crippen LogP) is 0.819. The van der Waals surface area contributed by atoms with Crippen LogP contribution < -0.4 is 5.73 Å². The van der Waals surface area contributed by atoms with Crippen molar-refractivity contribution in [3.05, 3.63) is 11.3 Å². The van der Waals surface area contributed by atoms with Crippen LogP contribution in [0.1, 0.15) is 19.3 Å². The van der Waals surface area contributed by atoms with Gasteiger partial charge in [-0.2, -0.15) is 0 Å². The van der Waals surface area contributed by atoms with Crippen molar-refractivity contribution in [1.29, 1.82) is 0 Å². The molecule has 1 aliphatic carbocycles. The summed E-state index contributed by atoms with van der Waals surface area (Å²) < 4.78 is 9.70. The molecule has 1 rings (SSSR count). The molecule has 1 unspecified atom stereocenters. The molecule has 4 heteroatoms. The number of rotatable bonds is 3. The van der Waals surface area contributed by atoms with Gasteiger partial charge in [0.2, 0.25) is 0 Å². The van der Waals surface area contributed by atoms with Gasteiger partial charge < -0.3 is 15.2 Å². The Labute approximate surface area is 84.1 Å². The summed E-state index contributed by atoms with van der Waals surface area (Å²) in [6, 6.07) is 0. The van der Waals surface area contributed by atoms with Gasteiger partial charge in [0, 0.05) is 19.4 Å². The van der Waals surface area contributed by atoms with Crippen molar-refractivity contribution in [1.82, 2.24) is 0 Å². The molecule has 0 spiro atoms. The largest absolute Gasteiger partial charge is 0.466 e. The van der Waals surface area contributed by atoms with Crippen molar-refractivity contribution in [3.8, 4) is 0 Å². The third kappa shape index (κ3) is 2.48. The molecular weight excluding hydrogens is 182 g/mol. The van der Waals surface area contributed by atoms with Crippen LogP contribution >= 0.6 is 0 Å². The lowest BCUT2D eigenvalue weighted by Gasteiger charge is -2.23. The molecule has 2 N–H and O–H groups in total. The van der Waals surface area contributed by atoms with Crippen LogP contribution in [-0.4, -0.2) is 26.8 Å². The van der Waals surface area contributed by atoms with Gasteiger partial charge in [0.05, 0.1) is 12.7 Å². The van der Waals surface area contributed by atoms with E-state index in [1.807, 2.05) is 0 Å². The highest BCUT2D eigenvalue weighted by Crippen LogP contribution is 2.27. The molecule has 0 saturated carbocycles. The summed E-state index contributed by atoms with van der Waals surface area (Å²) in [4.78, 5) is 11.3. The second kappa shape index (κ2) is 5.00. The SMILES string of the molecule is COCC1CCC(C(=O)OC)=C(N)C1. The Balaban J connectivity index is 2.62. The van der Waals surface area contributed by atoms with E-state index in [0.717, 1.165) is 12.8 Å². The fourth-order valence-electron chi connectivity index (χ4n) is 1.78. The molecule has 0 aromatic heterocycles. The van der Waals surface area contributed by atoms with Gasteiger partial charge >= 0.3 is 5.97 Å². The molecule has 0 fully saturated rings. The normalized spacial score (nSPS) is 22.3. The minimum Gasteiger partial charge on any atom is -0.466 e. The molecule has 0 saturated heterocycles. The number of allylic oxidation sites excluding steroid dienone is 1. The van der Waals surface area contributed by atoms with Gasteiger partial charge in [-0.05, 0) is 25.2 Å². The fourth-order valence-corrected chi connectivity index (χ4v) is 1.78. The van der Waals surface area contributed by atoms with Crippen molar-refractivity contribution >= 4 is 5.97 Å². The number of carbonyl (C=O) groups is 1. The molecule has 0 aliphatic heterocycles. The molecule has 0 radical (unpaired) electrons. The molecule has 1 atom stereocenters. The zero-order valence-corrected chi connectivity index (χ0v) is 8.71. The lowest BCUT2D eigenvalue weighted by molar-refractivity contribution is -0.136. The van der Waals surface area contributed by atoms with Gasteiger partial charge in [-0.1, -0.05) is 0 Å². The molecule has 0 heterocycles.